The first kappa shape index (κ1) is 13.9. The van der Waals surface area contributed by atoms with Gasteiger partial charge >= 0.3 is 0 Å². The van der Waals surface area contributed by atoms with Gasteiger partial charge in [-0.1, -0.05) is 40.9 Å². The minimum atomic E-state index is 0.638. The van der Waals surface area contributed by atoms with Crippen LogP contribution in [0.5, 0.6) is 0 Å². The lowest BCUT2D eigenvalue weighted by molar-refractivity contribution is 1.38. The van der Waals surface area contributed by atoms with Crippen LogP contribution < -0.4 is 5.73 Å². The summed E-state index contributed by atoms with van der Waals surface area (Å²) >= 11 is 19.7. The maximum Gasteiger partial charge on any atom is 0.0562 e. The molecule has 0 saturated heterocycles. The van der Waals surface area contributed by atoms with Crippen molar-refractivity contribution in [3.63, 3.8) is 0 Å². The van der Waals surface area contributed by atoms with Crippen molar-refractivity contribution in [3.8, 4) is 0 Å². The van der Waals surface area contributed by atoms with Gasteiger partial charge in [0.25, 0.3) is 0 Å². The normalized spacial score (nSPS) is 10.6. The van der Waals surface area contributed by atoms with Crippen LogP contribution in [0.15, 0.2) is 41.3 Å². The van der Waals surface area contributed by atoms with Crippen molar-refractivity contribution in [2.24, 2.45) is 0 Å². The Bertz CT molecular complexity index is 521. The van der Waals surface area contributed by atoms with E-state index in [9.17, 15) is 0 Å². The van der Waals surface area contributed by atoms with Crippen LogP contribution in [0.3, 0.4) is 0 Å². The van der Waals surface area contributed by atoms with Gasteiger partial charge < -0.3 is 5.73 Å². The average molecular weight is 319 g/mol. The molecule has 0 aliphatic rings. The minimum Gasteiger partial charge on any atom is -0.399 e. The third-order valence-electron chi connectivity index (χ3n) is 2.35. The van der Waals surface area contributed by atoms with Gasteiger partial charge in [0.2, 0.25) is 0 Å². The summed E-state index contributed by atoms with van der Waals surface area (Å²) in [6, 6.07) is 11.0. The van der Waals surface area contributed by atoms with Crippen LogP contribution in [0, 0.1) is 0 Å². The average Bonchev–Trinajstić information content (AvgIpc) is 2.30. The maximum absolute atomic E-state index is 6.11. The summed E-state index contributed by atoms with van der Waals surface area (Å²) in [7, 11) is 0. The summed E-state index contributed by atoms with van der Waals surface area (Å²) in [5, 5.41) is 1.96. The first-order valence-corrected chi connectivity index (χ1v) is 7.30. The zero-order valence-corrected chi connectivity index (χ0v) is 12.4. The second kappa shape index (κ2) is 6.07. The van der Waals surface area contributed by atoms with Gasteiger partial charge in [-0.05, 0) is 35.9 Å². The van der Waals surface area contributed by atoms with Gasteiger partial charge in [-0.3, -0.25) is 0 Å². The van der Waals surface area contributed by atoms with Crippen LogP contribution in [0.2, 0.25) is 15.1 Å². The van der Waals surface area contributed by atoms with Crippen LogP contribution in [0.25, 0.3) is 0 Å². The largest absolute Gasteiger partial charge is 0.399 e. The molecular weight excluding hydrogens is 309 g/mol. The van der Waals surface area contributed by atoms with Gasteiger partial charge in [-0.15, -0.1) is 11.8 Å². The van der Waals surface area contributed by atoms with E-state index in [1.54, 1.807) is 23.9 Å². The standard InChI is InChI=1S/C13H10Cl3NS/c14-9-2-1-8(11(15)5-9)7-18-13-4-3-10(17)6-12(13)16/h1-6H,7,17H2. The van der Waals surface area contributed by atoms with E-state index >= 15 is 0 Å². The molecule has 18 heavy (non-hydrogen) atoms. The van der Waals surface area contributed by atoms with Crippen LogP contribution >= 0.6 is 46.6 Å². The molecule has 2 aromatic rings. The fourth-order valence-electron chi connectivity index (χ4n) is 1.43. The van der Waals surface area contributed by atoms with E-state index in [2.05, 4.69) is 0 Å². The molecule has 2 N–H and O–H groups in total. The highest BCUT2D eigenvalue weighted by Crippen LogP contribution is 2.33. The molecule has 2 aromatic carbocycles. The fraction of sp³-hybridized carbons (Fsp3) is 0.0769. The summed E-state index contributed by atoms with van der Waals surface area (Å²) < 4.78 is 0. The van der Waals surface area contributed by atoms with E-state index in [0.29, 0.717) is 20.8 Å². The number of benzene rings is 2. The van der Waals surface area contributed by atoms with Crippen molar-refractivity contribution in [3.05, 3.63) is 57.0 Å². The van der Waals surface area contributed by atoms with Gasteiger partial charge in [0, 0.05) is 26.4 Å². The second-order valence-electron chi connectivity index (χ2n) is 3.71. The van der Waals surface area contributed by atoms with E-state index in [4.69, 9.17) is 40.5 Å². The third kappa shape index (κ3) is 3.48. The van der Waals surface area contributed by atoms with Crippen molar-refractivity contribution in [2.45, 2.75) is 10.6 Å². The zero-order chi connectivity index (χ0) is 13.1. The van der Waals surface area contributed by atoms with Crippen molar-refractivity contribution < 1.29 is 0 Å². The molecule has 0 saturated carbocycles. The molecule has 0 heterocycles. The Morgan fingerprint density at radius 1 is 0.944 bits per heavy atom. The molecule has 94 valence electrons. The van der Waals surface area contributed by atoms with E-state index < -0.39 is 0 Å². The molecule has 0 spiro atoms. The van der Waals surface area contributed by atoms with Crippen LogP contribution in [0.1, 0.15) is 5.56 Å². The fourth-order valence-corrected chi connectivity index (χ4v) is 3.26. The number of hydrogen-bond donors (Lipinski definition) is 1. The number of nitrogens with two attached hydrogens (primary N) is 1. The molecule has 0 aliphatic heterocycles. The molecular formula is C13H10Cl3NS. The van der Waals surface area contributed by atoms with E-state index in [1.165, 1.54) is 0 Å². The second-order valence-corrected chi connectivity index (χ2v) is 5.98. The van der Waals surface area contributed by atoms with E-state index in [0.717, 1.165) is 16.2 Å². The summed E-state index contributed by atoms with van der Waals surface area (Å²) in [5.74, 6) is 0.736. The number of rotatable bonds is 3. The monoisotopic (exact) mass is 317 g/mol. The number of hydrogen-bond acceptors (Lipinski definition) is 2. The first-order chi connectivity index (χ1) is 8.56. The smallest absolute Gasteiger partial charge is 0.0562 e. The Labute approximate surface area is 125 Å². The Morgan fingerprint density at radius 2 is 1.72 bits per heavy atom. The quantitative estimate of drug-likeness (QED) is 0.595. The van der Waals surface area contributed by atoms with Crippen LogP contribution in [-0.2, 0) is 5.75 Å². The Kier molecular flexibility index (Phi) is 4.68. The summed E-state index contributed by atoms with van der Waals surface area (Å²) in [5.41, 5.74) is 7.33. The van der Waals surface area contributed by atoms with Gasteiger partial charge in [0.15, 0.2) is 0 Å². The highest BCUT2D eigenvalue weighted by Gasteiger charge is 2.05. The Balaban J connectivity index is 2.11. The topological polar surface area (TPSA) is 26.0 Å². The third-order valence-corrected chi connectivity index (χ3v) is 4.49. The Morgan fingerprint density at radius 3 is 2.39 bits per heavy atom. The number of nitrogen functional groups attached to an aromatic ring is 1. The number of thioether (sulfide) groups is 1. The predicted molar refractivity (Wildman–Crippen MR) is 81.9 cm³/mol. The molecule has 0 atom stereocenters. The molecule has 0 bridgehead atoms. The van der Waals surface area contributed by atoms with Gasteiger partial charge in [-0.2, -0.15) is 0 Å². The van der Waals surface area contributed by atoms with Crippen molar-refractivity contribution >= 4 is 52.3 Å². The van der Waals surface area contributed by atoms with Gasteiger partial charge in [0.1, 0.15) is 0 Å². The highest BCUT2D eigenvalue weighted by molar-refractivity contribution is 7.98. The predicted octanol–water partition coefficient (Wildman–Crippen LogP) is 5.52. The van der Waals surface area contributed by atoms with Crippen molar-refractivity contribution in [2.75, 3.05) is 5.73 Å². The number of halogens is 3. The lowest BCUT2D eigenvalue weighted by atomic mass is 10.2. The zero-order valence-electron chi connectivity index (χ0n) is 9.29. The van der Waals surface area contributed by atoms with Crippen LogP contribution in [-0.4, -0.2) is 0 Å². The molecule has 5 heteroatoms. The summed E-state index contributed by atoms with van der Waals surface area (Å²) in [4.78, 5) is 0.983. The van der Waals surface area contributed by atoms with Crippen LogP contribution in [0.4, 0.5) is 5.69 Å². The van der Waals surface area contributed by atoms with E-state index in [-0.39, 0.29) is 0 Å². The van der Waals surface area contributed by atoms with Gasteiger partial charge in [0.05, 0.1) is 5.02 Å². The van der Waals surface area contributed by atoms with E-state index in [1.807, 2.05) is 24.3 Å². The molecule has 0 aromatic heterocycles. The number of anilines is 1. The lowest BCUT2D eigenvalue weighted by Gasteiger charge is -2.07. The summed E-state index contributed by atoms with van der Waals surface area (Å²) in [6.07, 6.45) is 0. The van der Waals surface area contributed by atoms with Gasteiger partial charge in [-0.25, -0.2) is 0 Å². The molecule has 1 nitrogen and oxygen atoms in total. The first-order valence-electron chi connectivity index (χ1n) is 5.18. The molecule has 0 aliphatic carbocycles. The lowest BCUT2D eigenvalue weighted by Crippen LogP contribution is -1.86. The van der Waals surface area contributed by atoms with Crippen molar-refractivity contribution in [1.29, 1.82) is 0 Å². The minimum absolute atomic E-state index is 0.638. The SMILES string of the molecule is Nc1ccc(SCc2ccc(Cl)cc2Cl)c(Cl)c1. The molecule has 0 unspecified atom stereocenters. The molecule has 2 rings (SSSR count). The van der Waals surface area contributed by atoms with Crippen molar-refractivity contribution in [1.82, 2.24) is 0 Å². The Hall–Kier alpha value is -0.540. The summed E-state index contributed by atoms with van der Waals surface area (Å²) in [6.45, 7) is 0. The maximum atomic E-state index is 6.11. The highest BCUT2D eigenvalue weighted by atomic mass is 35.5. The molecule has 0 fully saturated rings. The molecule has 0 amide bonds. The molecule has 0 radical (unpaired) electrons.